The first-order valence-electron chi connectivity index (χ1n) is 5.48. The van der Waals surface area contributed by atoms with Crippen molar-refractivity contribution in [1.29, 1.82) is 0 Å². The van der Waals surface area contributed by atoms with Gasteiger partial charge in [0.15, 0.2) is 16.7 Å². The third-order valence-corrected chi connectivity index (χ3v) is 3.08. The molecule has 0 radical (unpaired) electrons. The van der Waals surface area contributed by atoms with Crippen LogP contribution in [0.4, 0.5) is 0 Å². The van der Waals surface area contributed by atoms with Crippen LogP contribution in [0.1, 0.15) is 6.92 Å². The summed E-state index contributed by atoms with van der Waals surface area (Å²) in [5.74, 6) is 4.31. The van der Waals surface area contributed by atoms with Crippen molar-refractivity contribution in [2.75, 3.05) is 12.5 Å². The summed E-state index contributed by atoms with van der Waals surface area (Å²) in [7, 11) is 0. The predicted molar refractivity (Wildman–Crippen MR) is 68.9 cm³/mol. The third-order valence-electron chi connectivity index (χ3n) is 2.23. The topological polar surface area (TPSA) is 53.1 Å². The van der Waals surface area contributed by atoms with E-state index in [9.17, 15) is 0 Å². The van der Waals surface area contributed by atoms with Gasteiger partial charge in [-0.3, -0.25) is 4.57 Å². The number of thioether (sulfide) groups is 1. The van der Waals surface area contributed by atoms with Crippen LogP contribution in [-0.2, 0) is 11.3 Å². The summed E-state index contributed by atoms with van der Waals surface area (Å²) in [6.07, 6.45) is 6.72. The third kappa shape index (κ3) is 2.75. The van der Waals surface area contributed by atoms with E-state index in [1.807, 2.05) is 23.6 Å². The van der Waals surface area contributed by atoms with Crippen LogP contribution >= 0.6 is 11.8 Å². The molecule has 2 aromatic rings. The lowest BCUT2D eigenvalue weighted by Gasteiger charge is -2.05. The van der Waals surface area contributed by atoms with E-state index in [0.717, 1.165) is 17.5 Å². The fourth-order valence-corrected chi connectivity index (χ4v) is 2.21. The lowest BCUT2D eigenvalue weighted by atomic mass is 10.4. The summed E-state index contributed by atoms with van der Waals surface area (Å²) in [5.41, 5.74) is 0. The monoisotopic (exact) mass is 263 g/mol. The molecule has 2 rings (SSSR count). The van der Waals surface area contributed by atoms with E-state index in [1.165, 1.54) is 11.8 Å². The van der Waals surface area contributed by atoms with Crippen molar-refractivity contribution in [3.05, 3.63) is 18.4 Å². The van der Waals surface area contributed by atoms with Gasteiger partial charge in [0.25, 0.3) is 0 Å². The molecule has 0 aromatic carbocycles. The van der Waals surface area contributed by atoms with Crippen LogP contribution in [0, 0.1) is 12.3 Å². The minimum absolute atomic E-state index is 0.304. The fraction of sp³-hybridized carbons (Fsp3) is 0.333. The van der Waals surface area contributed by atoms with Gasteiger partial charge in [0.05, 0.1) is 6.26 Å². The van der Waals surface area contributed by atoms with E-state index in [4.69, 9.17) is 15.6 Å². The maximum absolute atomic E-state index is 5.33. The molecule has 0 saturated heterocycles. The zero-order chi connectivity index (χ0) is 12.8. The van der Waals surface area contributed by atoms with Gasteiger partial charge in [-0.05, 0) is 19.1 Å². The Hall–Kier alpha value is -1.71. The second kappa shape index (κ2) is 6.28. The van der Waals surface area contributed by atoms with Crippen LogP contribution in [-0.4, -0.2) is 27.3 Å². The molecule has 5 nitrogen and oxygen atoms in total. The first-order chi connectivity index (χ1) is 8.86. The Morgan fingerprint density at radius 2 is 2.44 bits per heavy atom. The molecule has 2 heterocycles. The lowest BCUT2D eigenvalue weighted by Crippen LogP contribution is -2.00. The van der Waals surface area contributed by atoms with Gasteiger partial charge in [0.2, 0.25) is 0 Å². The first-order valence-corrected chi connectivity index (χ1v) is 6.46. The summed E-state index contributed by atoms with van der Waals surface area (Å²) in [6.45, 7) is 3.10. The summed E-state index contributed by atoms with van der Waals surface area (Å²) < 4.78 is 12.5. The van der Waals surface area contributed by atoms with Crippen molar-refractivity contribution in [3.8, 4) is 23.9 Å². The molecular formula is C12H13N3O2S. The molecule has 0 unspecified atom stereocenters. The number of hydrogen-bond acceptors (Lipinski definition) is 5. The van der Waals surface area contributed by atoms with Crippen molar-refractivity contribution in [1.82, 2.24) is 14.8 Å². The molecule has 0 aliphatic heterocycles. The maximum Gasteiger partial charge on any atom is 0.200 e. The zero-order valence-corrected chi connectivity index (χ0v) is 10.8. The van der Waals surface area contributed by atoms with Crippen LogP contribution in [0.2, 0.25) is 0 Å². The molecular weight excluding hydrogens is 250 g/mol. The number of furan rings is 1. The first kappa shape index (κ1) is 12.7. The van der Waals surface area contributed by atoms with Crippen molar-refractivity contribution in [3.63, 3.8) is 0 Å². The Kier molecular flexibility index (Phi) is 4.45. The Bertz CT molecular complexity index is 528. The highest BCUT2D eigenvalue weighted by Crippen LogP contribution is 2.24. The van der Waals surface area contributed by atoms with E-state index >= 15 is 0 Å². The number of terminal acetylenes is 1. The number of aromatic nitrogens is 3. The fourth-order valence-electron chi connectivity index (χ4n) is 1.46. The average molecular weight is 263 g/mol. The van der Waals surface area contributed by atoms with Gasteiger partial charge >= 0.3 is 0 Å². The van der Waals surface area contributed by atoms with Gasteiger partial charge in [0.1, 0.15) is 12.5 Å². The van der Waals surface area contributed by atoms with Gasteiger partial charge < -0.3 is 9.15 Å². The molecule has 0 amide bonds. The number of ether oxygens (including phenoxy) is 1. The summed E-state index contributed by atoms with van der Waals surface area (Å²) in [5, 5.41) is 9.05. The van der Waals surface area contributed by atoms with Crippen molar-refractivity contribution < 1.29 is 9.15 Å². The quantitative estimate of drug-likeness (QED) is 0.346. The zero-order valence-electron chi connectivity index (χ0n) is 10.00. The molecule has 0 N–H and O–H groups in total. The summed E-state index contributed by atoms with van der Waals surface area (Å²) >= 11 is 1.46. The highest BCUT2D eigenvalue weighted by Gasteiger charge is 2.14. The largest absolute Gasteiger partial charge is 0.461 e. The highest BCUT2D eigenvalue weighted by atomic mass is 32.2. The predicted octanol–water partition coefficient (Wildman–Crippen LogP) is 2.26. The maximum atomic E-state index is 5.33. The summed E-state index contributed by atoms with van der Waals surface area (Å²) in [6, 6.07) is 3.69. The van der Waals surface area contributed by atoms with E-state index in [-0.39, 0.29) is 0 Å². The van der Waals surface area contributed by atoms with Gasteiger partial charge in [-0.2, -0.15) is 0 Å². The number of nitrogens with zero attached hydrogens (tertiary/aromatic N) is 3. The molecule has 0 fully saturated rings. The standard InChI is InChI=1S/C12H13N3O2S/c1-3-7-16-9-18-12-14-13-11(15(12)4-2)10-6-5-8-17-10/h1,5-6,8H,4,7,9H2,2H3. The number of rotatable bonds is 6. The minimum atomic E-state index is 0.304. The molecule has 0 aliphatic carbocycles. The second-order valence-corrected chi connectivity index (χ2v) is 4.23. The average Bonchev–Trinajstić information content (AvgIpc) is 3.02. The molecule has 94 valence electrons. The molecule has 0 saturated carbocycles. The van der Waals surface area contributed by atoms with E-state index in [1.54, 1.807) is 6.26 Å². The van der Waals surface area contributed by atoms with Crippen molar-refractivity contribution in [2.24, 2.45) is 0 Å². The second-order valence-electron chi connectivity index (χ2n) is 3.34. The lowest BCUT2D eigenvalue weighted by molar-refractivity contribution is 0.222. The van der Waals surface area contributed by atoms with Crippen LogP contribution in [0.3, 0.4) is 0 Å². The van der Waals surface area contributed by atoms with Crippen LogP contribution < -0.4 is 0 Å². The Morgan fingerprint density at radius 3 is 3.11 bits per heavy atom. The minimum Gasteiger partial charge on any atom is -0.461 e. The SMILES string of the molecule is C#CCOCSc1nnc(-c2ccco2)n1CC. The van der Waals surface area contributed by atoms with Crippen molar-refractivity contribution in [2.45, 2.75) is 18.6 Å². The molecule has 2 aromatic heterocycles. The van der Waals surface area contributed by atoms with E-state index in [2.05, 4.69) is 16.1 Å². The van der Waals surface area contributed by atoms with Gasteiger partial charge in [0, 0.05) is 6.54 Å². The molecule has 0 bridgehead atoms. The Morgan fingerprint density at radius 1 is 1.56 bits per heavy atom. The van der Waals surface area contributed by atoms with Crippen LogP contribution in [0.25, 0.3) is 11.6 Å². The van der Waals surface area contributed by atoms with Gasteiger partial charge in [-0.15, -0.1) is 16.6 Å². The molecule has 0 atom stereocenters. The Labute approximate surface area is 110 Å². The molecule has 0 aliphatic rings. The molecule has 0 spiro atoms. The normalized spacial score (nSPS) is 10.4. The van der Waals surface area contributed by atoms with Crippen LogP contribution in [0.5, 0.6) is 0 Å². The number of hydrogen-bond donors (Lipinski definition) is 0. The molecule has 18 heavy (non-hydrogen) atoms. The van der Waals surface area contributed by atoms with Crippen LogP contribution in [0.15, 0.2) is 28.0 Å². The molecule has 6 heteroatoms. The van der Waals surface area contributed by atoms with E-state index in [0.29, 0.717) is 18.3 Å². The highest BCUT2D eigenvalue weighted by molar-refractivity contribution is 7.99. The Balaban J connectivity index is 2.10. The van der Waals surface area contributed by atoms with Crippen molar-refractivity contribution >= 4 is 11.8 Å². The van der Waals surface area contributed by atoms with Gasteiger partial charge in [-0.25, -0.2) is 0 Å². The van der Waals surface area contributed by atoms with E-state index < -0.39 is 0 Å². The van der Waals surface area contributed by atoms with Gasteiger partial charge in [-0.1, -0.05) is 17.7 Å². The summed E-state index contributed by atoms with van der Waals surface area (Å²) in [4.78, 5) is 0. The smallest absolute Gasteiger partial charge is 0.200 e.